The average molecular weight is 182 g/mol. The normalized spacial score (nSPS) is 31.8. The molecule has 0 aromatic rings. The van der Waals surface area contributed by atoms with Crippen LogP contribution in [0.3, 0.4) is 0 Å². The Labute approximate surface area is 79.6 Å². The number of hydrogen-bond acceptors (Lipinski definition) is 1. The van der Waals surface area contributed by atoms with Crippen LogP contribution in [0.4, 0.5) is 0 Å². The summed E-state index contributed by atoms with van der Waals surface area (Å²) in [5.41, 5.74) is -0.440. The largest absolute Gasteiger partial charge is 0.481 e. The standard InChI is InChI=1S/C11H18O2/c1-2-11(10(12)13)8-6-4-3-5-7-9-11/h3-4H,2,5-9H2,1H3,(H,12,13)/b4-3-. The third-order valence-electron chi connectivity index (χ3n) is 3.11. The van der Waals surface area contributed by atoms with Gasteiger partial charge in [-0.05, 0) is 38.5 Å². The van der Waals surface area contributed by atoms with Crippen LogP contribution in [0.1, 0.15) is 45.4 Å². The van der Waals surface area contributed by atoms with Gasteiger partial charge in [-0.2, -0.15) is 0 Å². The Morgan fingerprint density at radius 3 is 2.69 bits per heavy atom. The number of hydrogen-bond donors (Lipinski definition) is 1. The van der Waals surface area contributed by atoms with E-state index >= 15 is 0 Å². The molecular formula is C11H18O2. The predicted octanol–water partition coefficient (Wildman–Crippen LogP) is 2.99. The number of carboxylic acid groups (broad SMARTS) is 1. The lowest BCUT2D eigenvalue weighted by Crippen LogP contribution is -2.30. The molecule has 0 heterocycles. The van der Waals surface area contributed by atoms with Gasteiger partial charge in [0.15, 0.2) is 0 Å². The Hall–Kier alpha value is -0.790. The van der Waals surface area contributed by atoms with E-state index in [0.717, 1.165) is 38.5 Å². The fraction of sp³-hybridized carbons (Fsp3) is 0.727. The number of aliphatic carboxylic acids is 1. The lowest BCUT2D eigenvalue weighted by atomic mass is 9.75. The monoisotopic (exact) mass is 182 g/mol. The zero-order chi connectivity index (χ0) is 9.73. The minimum Gasteiger partial charge on any atom is -0.481 e. The van der Waals surface area contributed by atoms with E-state index < -0.39 is 11.4 Å². The van der Waals surface area contributed by atoms with E-state index in [9.17, 15) is 9.90 Å². The van der Waals surface area contributed by atoms with Gasteiger partial charge in [-0.1, -0.05) is 19.1 Å². The van der Waals surface area contributed by atoms with E-state index in [4.69, 9.17) is 0 Å². The van der Waals surface area contributed by atoms with E-state index in [2.05, 4.69) is 12.2 Å². The van der Waals surface area contributed by atoms with Gasteiger partial charge in [-0.15, -0.1) is 0 Å². The maximum Gasteiger partial charge on any atom is 0.309 e. The molecule has 0 fully saturated rings. The first-order chi connectivity index (χ1) is 6.21. The molecule has 0 bridgehead atoms. The van der Waals surface area contributed by atoms with Crippen LogP contribution in [-0.2, 0) is 4.79 Å². The number of carboxylic acids is 1. The molecule has 0 aromatic heterocycles. The highest BCUT2D eigenvalue weighted by molar-refractivity contribution is 5.74. The minimum atomic E-state index is -0.606. The molecule has 0 aliphatic heterocycles. The summed E-state index contributed by atoms with van der Waals surface area (Å²) in [6.45, 7) is 1.99. The second-order valence-electron chi connectivity index (χ2n) is 3.84. The Morgan fingerprint density at radius 2 is 2.08 bits per heavy atom. The van der Waals surface area contributed by atoms with E-state index in [0.29, 0.717) is 0 Å². The number of rotatable bonds is 2. The predicted molar refractivity (Wildman–Crippen MR) is 52.6 cm³/mol. The van der Waals surface area contributed by atoms with Crippen molar-refractivity contribution < 1.29 is 9.90 Å². The lowest BCUT2D eigenvalue weighted by molar-refractivity contribution is -0.150. The molecule has 0 spiro atoms. The molecule has 0 radical (unpaired) electrons. The first kappa shape index (κ1) is 10.3. The first-order valence-corrected chi connectivity index (χ1v) is 5.10. The second kappa shape index (κ2) is 4.45. The molecule has 0 saturated carbocycles. The first-order valence-electron chi connectivity index (χ1n) is 5.10. The average Bonchev–Trinajstić information content (AvgIpc) is 2.04. The summed E-state index contributed by atoms with van der Waals surface area (Å²) in [5, 5.41) is 9.18. The summed E-state index contributed by atoms with van der Waals surface area (Å²) < 4.78 is 0. The van der Waals surface area contributed by atoms with Gasteiger partial charge in [0.1, 0.15) is 0 Å². The summed E-state index contributed by atoms with van der Waals surface area (Å²) in [6, 6.07) is 0. The Balaban J connectivity index is 2.72. The second-order valence-corrected chi connectivity index (χ2v) is 3.84. The molecular weight excluding hydrogens is 164 g/mol. The van der Waals surface area contributed by atoms with Gasteiger partial charge in [0.2, 0.25) is 0 Å². The maximum absolute atomic E-state index is 11.1. The highest BCUT2D eigenvalue weighted by Gasteiger charge is 2.35. The Kier molecular flexibility index (Phi) is 3.52. The van der Waals surface area contributed by atoms with Crippen molar-refractivity contribution in [3.63, 3.8) is 0 Å². The molecule has 0 saturated heterocycles. The highest BCUT2D eigenvalue weighted by atomic mass is 16.4. The Morgan fingerprint density at radius 1 is 1.38 bits per heavy atom. The highest BCUT2D eigenvalue weighted by Crippen LogP contribution is 2.35. The molecule has 2 nitrogen and oxygen atoms in total. The topological polar surface area (TPSA) is 37.3 Å². The van der Waals surface area contributed by atoms with Crippen LogP contribution in [0.15, 0.2) is 12.2 Å². The molecule has 0 amide bonds. The molecule has 1 aliphatic rings. The van der Waals surface area contributed by atoms with Crippen LogP contribution in [0.5, 0.6) is 0 Å². The van der Waals surface area contributed by atoms with Gasteiger partial charge < -0.3 is 5.11 Å². The van der Waals surface area contributed by atoms with Crippen molar-refractivity contribution in [2.45, 2.75) is 45.4 Å². The fourth-order valence-corrected chi connectivity index (χ4v) is 2.00. The van der Waals surface area contributed by atoms with Gasteiger partial charge in [-0.3, -0.25) is 4.79 Å². The van der Waals surface area contributed by atoms with Crippen LogP contribution in [0, 0.1) is 5.41 Å². The van der Waals surface area contributed by atoms with Crippen LogP contribution >= 0.6 is 0 Å². The van der Waals surface area contributed by atoms with Crippen LogP contribution in [-0.4, -0.2) is 11.1 Å². The molecule has 74 valence electrons. The van der Waals surface area contributed by atoms with Crippen molar-refractivity contribution in [1.29, 1.82) is 0 Å². The summed E-state index contributed by atoms with van der Waals surface area (Å²) >= 11 is 0. The van der Waals surface area contributed by atoms with Crippen LogP contribution < -0.4 is 0 Å². The summed E-state index contributed by atoms with van der Waals surface area (Å²) in [6.07, 6.45) is 9.65. The van der Waals surface area contributed by atoms with E-state index in [1.54, 1.807) is 0 Å². The Bertz CT molecular complexity index is 208. The van der Waals surface area contributed by atoms with Gasteiger partial charge in [0.25, 0.3) is 0 Å². The van der Waals surface area contributed by atoms with Crippen molar-refractivity contribution in [3.8, 4) is 0 Å². The van der Waals surface area contributed by atoms with E-state index in [1.807, 2.05) is 6.92 Å². The van der Waals surface area contributed by atoms with Gasteiger partial charge in [0, 0.05) is 0 Å². The summed E-state index contributed by atoms with van der Waals surface area (Å²) in [7, 11) is 0. The van der Waals surface area contributed by atoms with Gasteiger partial charge in [-0.25, -0.2) is 0 Å². The van der Waals surface area contributed by atoms with Crippen LogP contribution in [0.2, 0.25) is 0 Å². The molecule has 1 aliphatic carbocycles. The maximum atomic E-state index is 11.1. The fourth-order valence-electron chi connectivity index (χ4n) is 2.00. The smallest absolute Gasteiger partial charge is 0.309 e. The van der Waals surface area contributed by atoms with Crippen molar-refractivity contribution in [2.75, 3.05) is 0 Å². The quantitative estimate of drug-likeness (QED) is 0.666. The zero-order valence-corrected chi connectivity index (χ0v) is 8.25. The molecule has 0 aromatic carbocycles. The number of allylic oxidation sites excluding steroid dienone is 2. The van der Waals surface area contributed by atoms with Crippen molar-refractivity contribution in [2.24, 2.45) is 5.41 Å². The SMILES string of the molecule is CCC1(C(=O)O)CC/C=C\CCC1. The molecule has 13 heavy (non-hydrogen) atoms. The molecule has 1 N–H and O–H groups in total. The summed E-state index contributed by atoms with van der Waals surface area (Å²) in [4.78, 5) is 11.1. The van der Waals surface area contributed by atoms with Crippen molar-refractivity contribution in [3.05, 3.63) is 12.2 Å². The zero-order valence-electron chi connectivity index (χ0n) is 8.25. The summed E-state index contributed by atoms with van der Waals surface area (Å²) in [5.74, 6) is -0.606. The van der Waals surface area contributed by atoms with Crippen molar-refractivity contribution in [1.82, 2.24) is 0 Å². The van der Waals surface area contributed by atoms with Crippen molar-refractivity contribution >= 4 is 5.97 Å². The minimum absolute atomic E-state index is 0.440. The van der Waals surface area contributed by atoms with E-state index in [-0.39, 0.29) is 0 Å². The molecule has 1 rings (SSSR count). The molecule has 1 unspecified atom stereocenters. The van der Waals surface area contributed by atoms with Crippen LogP contribution in [0.25, 0.3) is 0 Å². The van der Waals surface area contributed by atoms with Gasteiger partial charge in [0.05, 0.1) is 5.41 Å². The van der Waals surface area contributed by atoms with Gasteiger partial charge >= 0.3 is 5.97 Å². The third-order valence-corrected chi connectivity index (χ3v) is 3.11. The molecule has 1 atom stereocenters. The number of carbonyl (C=O) groups is 1. The van der Waals surface area contributed by atoms with E-state index in [1.165, 1.54) is 0 Å². The lowest BCUT2D eigenvalue weighted by Gasteiger charge is -2.28. The third kappa shape index (κ3) is 2.33. The molecule has 2 heteroatoms.